The fourth-order valence-electron chi connectivity index (χ4n) is 1.36. The Hall–Kier alpha value is -1.10. The number of imidazole rings is 1. The zero-order valence-electron chi connectivity index (χ0n) is 6.60. The Labute approximate surface area is 76.0 Å². The SMILES string of the molecule is NC(=S)N1CCn2ccnc2C1. The minimum absolute atomic E-state index is 0.462. The Morgan fingerprint density at radius 3 is 3.17 bits per heavy atom. The Bertz CT molecular complexity index is 306. The number of nitrogens with zero attached hydrogens (tertiary/aromatic N) is 3. The molecule has 2 N–H and O–H groups in total. The lowest BCUT2D eigenvalue weighted by Crippen LogP contribution is -2.41. The smallest absolute Gasteiger partial charge is 0.166 e. The molecule has 1 aliphatic rings. The van der Waals surface area contributed by atoms with Crippen LogP contribution >= 0.6 is 12.2 Å². The molecule has 2 heterocycles. The van der Waals surface area contributed by atoms with Crippen molar-refractivity contribution in [2.75, 3.05) is 6.54 Å². The first-order valence-electron chi connectivity index (χ1n) is 3.82. The third kappa shape index (κ3) is 1.16. The van der Waals surface area contributed by atoms with Gasteiger partial charge < -0.3 is 15.2 Å². The van der Waals surface area contributed by atoms with Crippen molar-refractivity contribution in [2.45, 2.75) is 13.1 Å². The second-order valence-corrected chi connectivity index (χ2v) is 3.21. The van der Waals surface area contributed by atoms with E-state index in [1.807, 2.05) is 11.1 Å². The lowest BCUT2D eigenvalue weighted by atomic mass is 10.4. The lowest BCUT2D eigenvalue weighted by Gasteiger charge is -2.27. The number of rotatable bonds is 0. The fraction of sp³-hybridized carbons (Fsp3) is 0.429. The average molecular weight is 182 g/mol. The first-order chi connectivity index (χ1) is 5.77. The molecule has 1 aromatic rings. The largest absolute Gasteiger partial charge is 0.376 e. The zero-order valence-corrected chi connectivity index (χ0v) is 7.42. The van der Waals surface area contributed by atoms with Crippen LogP contribution in [0.2, 0.25) is 0 Å². The molecule has 0 saturated carbocycles. The van der Waals surface area contributed by atoms with Crippen molar-refractivity contribution in [1.29, 1.82) is 0 Å². The van der Waals surface area contributed by atoms with Crippen molar-refractivity contribution >= 4 is 17.3 Å². The van der Waals surface area contributed by atoms with Crippen LogP contribution in [0.1, 0.15) is 5.82 Å². The van der Waals surface area contributed by atoms with Crippen LogP contribution in [0.5, 0.6) is 0 Å². The summed E-state index contributed by atoms with van der Waals surface area (Å²) in [5, 5.41) is 0.462. The number of thiocarbonyl (C=S) groups is 1. The van der Waals surface area contributed by atoms with E-state index in [-0.39, 0.29) is 0 Å². The number of fused-ring (bicyclic) bond motifs is 1. The molecule has 0 spiro atoms. The number of hydrogen-bond acceptors (Lipinski definition) is 2. The summed E-state index contributed by atoms with van der Waals surface area (Å²) >= 11 is 4.89. The van der Waals surface area contributed by atoms with Gasteiger partial charge in [-0.15, -0.1) is 0 Å². The highest BCUT2D eigenvalue weighted by atomic mass is 32.1. The van der Waals surface area contributed by atoms with Gasteiger partial charge in [0.2, 0.25) is 0 Å². The summed E-state index contributed by atoms with van der Waals surface area (Å²) in [5.41, 5.74) is 5.51. The zero-order chi connectivity index (χ0) is 8.55. The molecule has 0 atom stereocenters. The molecule has 0 saturated heterocycles. The lowest BCUT2D eigenvalue weighted by molar-refractivity contribution is 0.332. The van der Waals surface area contributed by atoms with Crippen molar-refractivity contribution in [3.8, 4) is 0 Å². The summed E-state index contributed by atoms with van der Waals surface area (Å²) in [5.74, 6) is 1.04. The van der Waals surface area contributed by atoms with Crippen molar-refractivity contribution in [3.05, 3.63) is 18.2 Å². The molecule has 0 radical (unpaired) electrons. The Balaban J connectivity index is 2.20. The van der Waals surface area contributed by atoms with Crippen molar-refractivity contribution < 1.29 is 0 Å². The van der Waals surface area contributed by atoms with Gasteiger partial charge in [-0.05, 0) is 12.2 Å². The minimum atomic E-state index is 0.462. The molecular formula is C7H10N4S. The third-order valence-corrected chi connectivity index (χ3v) is 2.31. The molecule has 0 aromatic carbocycles. The van der Waals surface area contributed by atoms with Crippen LogP contribution in [0.25, 0.3) is 0 Å². The summed E-state index contributed by atoms with van der Waals surface area (Å²) < 4.78 is 2.12. The molecule has 4 nitrogen and oxygen atoms in total. The first kappa shape index (κ1) is 7.54. The predicted molar refractivity (Wildman–Crippen MR) is 49.4 cm³/mol. The van der Waals surface area contributed by atoms with Gasteiger partial charge in [0.1, 0.15) is 5.82 Å². The van der Waals surface area contributed by atoms with Crippen LogP contribution in [0.4, 0.5) is 0 Å². The van der Waals surface area contributed by atoms with E-state index >= 15 is 0 Å². The van der Waals surface area contributed by atoms with Gasteiger partial charge in [-0.1, -0.05) is 0 Å². The van der Waals surface area contributed by atoms with Gasteiger partial charge in [-0.2, -0.15) is 0 Å². The second-order valence-electron chi connectivity index (χ2n) is 2.80. The number of nitrogens with two attached hydrogens (primary N) is 1. The minimum Gasteiger partial charge on any atom is -0.376 e. The van der Waals surface area contributed by atoms with Gasteiger partial charge >= 0.3 is 0 Å². The highest BCUT2D eigenvalue weighted by Crippen LogP contribution is 2.08. The van der Waals surface area contributed by atoms with Crippen LogP contribution in [0.15, 0.2) is 12.4 Å². The molecule has 5 heteroatoms. The van der Waals surface area contributed by atoms with Gasteiger partial charge in [0.15, 0.2) is 5.11 Å². The standard InChI is InChI=1S/C7H10N4S/c8-7(12)11-4-3-10-2-1-9-6(10)5-11/h1-2H,3-5H2,(H2,8,12). The van der Waals surface area contributed by atoms with E-state index in [1.54, 1.807) is 6.20 Å². The van der Waals surface area contributed by atoms with Gasteiger partial charge in [0, 0.05) is 25.5 Å². The van der Waals surface area contributed by atoms with E-state index in [2.05, 4.69) is 9.55 Å². The molecule has 0 fully saturated rings. The van der Waals surface area contributed by atoms with Gasteiger partial charge in [-0.25, -0.2) is 4.98 Å². The third-order valence-electron chi connectivity index (χ3n) is 2.06. The van der Waals surface area contributed by atoms with Gasteiger partial charge in [0.05, 0.1) is 6.54 Å². The number of hydrogen-bond donors (Lipinski definition) is 1. The first-order valence-corrected chi connectivity index (χ1v) is 4.22. The van der Waals surface area contributed by atoms with Crippen molar-refractivity contribution in [2.24, 2.45) is 5.73 Å². The Morgan fingerprint density at radius 2 is 2.42 bits per heavy atom. The molecule has 0 aliphatic carbocycles. The predicted octanol–water partition coefficient (Wildman–Crippen LogP) is -0.0577. The normalized spacial score (nSPS) is 15.8. The molecule has 12 heavy (non-hydrogen) atoms. The topological polar surface area (TPSA) is 47.1 Å². The molecule has 64 valence electrons. The molecule has 0 unspecified atom stereocenters. The van der Waals surface area contributed by atoms with Crippen LogP contribution in [-0.2, 0) is 13.1 Å². The van der Waals surface area contributed by atoms with Crippen LogP contribution < -0.4 is 5.73 Å². The maximum atomic E-state index is 5.51. The van der Waals surface area contributed by atoms with Crippen molar-refractivity contribution in [1.82, 2.24) is 14.5 Å². The number of aromatic nitrogens is 2. The Morgan fingerprint density at radius 1 is 1.58 bits per heavy atom. The van der Waals surface area contributed by atoms with E-state index in [0.717, 1.165) is 25.5 Å². The maximum Gasteiger partial charge on any atom is 0.166 e. The molecule has 2 rings (SSSR count). The summed E-state index contributed by atoms with van der Waals surface area (Å²) in [6.07, 6.45) is 3.78. The summed E-state index contributed by atoms with van der Waals surface area (Å²) in [6.45, 7) is 2.55. The van der Waals surface area contributed by atoms with E-state index in [4.69, 9.17) is 18.0 Å². The molecular weight excluding hydrogens is 172 g/mol. The fourth-order valence-corrected chi connectivity index (χ4v) is 1.52. The molecule has 0 bridgehead atoms. The van der Waals surface area contributed by atoms with Gasteiger partial charge in [-0.3, -0.25) is 0 Å². The highest BCUT2D eigenvalue weighted by molar-refractivity contribution is 7.80. The van der Waals surface area contributed by atoms with E-state index < -0.39 is 0 Å². The van der Waals surface area contributed by atoms with E-state index in [1.165, 1.54) is 0 Å². The summed E-state index contributed by atoms with van der Waals surface area (Å²) in [7, 11) is 0. The van der Waals surface area contributed by atoms with Crippen LogP contribution in [0.3, 0.4) is 0 Å². The van der Waals surface area contributed by atoms with Crippen LogP contribution in [-0.4, -0.2) is 26.1 Å². The van der Waals surface area contributed by atoms with E-state index in [0.29, 0.717) is 5.11 Å². The van der Waals surface area contributed by atoms with Crippen LogP contribution in [0, 0.1) is 0 Å². The van der Waals surface area contributed by atoms with Crippen molar-refractivity contribution in [3.63, 3.8) is 0 Å². The summed E-state index contributed by atoms with van der Waals surface area (Å²) in [4.78, 5) is 6.15. The maximum absolute atomic E-state index is 5.51. The average Bonchev–Trinajstić information content (AvgIpc) is 2.49. The quantitative estimate of drug-likeness (QED) is 0.571. The molecule has 1 aromatic heterocycles. The monoisotopic (exact) mass is 182 g/mol. The Kier molecular flexibility index (Phi) is 1.73. The summed E-state index contributed by atoms with van der Waals surface area (Å²) in [6, 6.07) is 0. The van der Waals surface area contributed by atoms with E-state index in [9.17, 15) is 0 Å². The highest BCUT2D eigenvalue weighted by Gasteiger charge is 2.16. The molecule has 0 amide bonds. The molecule has 1 aliphatic heterocycles. The second kappa shape index (κ2) is 2.75. The van der Waals surface area contributed by atoms with Gasteiger partial charge in [0.25, 0.3) is 0 Å².